The first-order valence-corrected chi connectivity index (χ1v) is 12.7. The van der Waals surface area contributed by atoms with Crippen molar-refractivity contribution in [3.63, 3.8) is 0 Å². The van der Waals surface area contributed by atoms with Crippen LogP contribution in [-0.4, -0.2) is 26.9 Å². The fraction of sp³-hybridized carbons (Fsp3) is 0.267. The van der Waals surface area contributed by atoms with Crippen LogP contribution >= 0.6 is 0 Å². The highest BCUT2D eigenvalue weighted by molar-refractivity contribution is 5.80. The second-order valence-corrected chi connectivity index (χ2v) is 9.76. The minimum atomic E-state index is -0.288. The molecule has 37 heavy (non-hydrogen) atoms. The largest absolute Gasteiger partial charge is 0.340 e. The Morgan fingerprint density at radius 1 is 1.00 bits per heavy atom. The van der Waals surface area contributed by atoms with E-state index < -0.39 is 0 Å². The number of nitrogens with one attached hydrogen (secondary N) is 1. The Hall–Kier alpha value is -3.97. The molecule has 2 heterocycles. The van der Waals surface area contributed by atoms with E-state index in [1.165, 1.54) is 17.7 Å². The van der Waals surface area contributed by atoms with Crippen LogP contribution in [0, 0.1) is 18.7 Å². The summed E-state index contributed by atoms with van der Waals surface area (Å²) in [5, 5.41) is 3.52. The highest BCUT2D eigenvalue weighted by atomic mass is 19.1. The molecular formula is C30H32FN5O. The molecule has 0 spiro atoms. The van der Waals surface area contributed by atoms with Gasteiger partial charge in [-0.1, -0.05) is 48.9 Å². The maximum absolute atomic E-state index is 13.6. The minimum absolute atomic E-state index is 0.119. The number of hydrogen-bond donors (Lipinski definition) is 2. The monoisotopic (exact) mass is 497 g/mol. The molecule has 0 radical (unpaired) electrons. The van der Waals surface area contributed by atoms with Crippen LogP contribution in [0.1, 0.15) is 29.4 Å². The van der Waals surface area contributed by atoms with Crippen molar-refractivity contribution in [3.8, 4) is 11.3 Å². The van der Waals surface area contributed by atoms with Gasteiger partial charge in [0.2, 0.25) is 5.91 Å². The molecule has 3 aromatic carbocycles. The number of rotatable bonds is 7. The fourth-order valence-electron chi connectivity index (χ4n) is 4.79. The Bertz CT molecular complexity index is 1380. The standard InChI is InChI=1S/C30H32FN5O/c1-20-3-13-26(14-4-20)33-29-28(24-9-11-25(31)12-10-24)34-27-19-35(15-16-36(27)29)30(37)21(2)17-22-5-7-23(18-32)8-6-22/h3-14,21,33H,15-19,32H2,1-2H3. The number of aryl methyl sites for hydroxylation is 1. The van der Waals surface area contributed by atoms with Crippen molar-refractivity contribution in [3.05, 3.63) is 101 Å². The van der Waals surface area contributed by atoms with Gasteiger partial charge in [0, 0.05) is 36.8 Å². The number of anilines is 2. The lowest BCUT2D eigenvalue weighted by atomic mass is 9.98. The first kappa shape index (κ1) is 24.7. The lowest BCUT2D eigenvalue weighted by Crippen LogP contribution is -2.41. The fourth-order valence-corrected chi connectivity index (χ4v) is 4.79. The summed E-state index contributed by atoms with van der Waals surface area (Å²) in [6.07, 6.45) is 0.676. The van der Waals surface area contributed by atoms with Gasteiger partial charge in [-0.05, 0) is 60.9 Å². The van der Waals surface area contributed by atoms with Gasteiger partial charge in [-0.15, -0.1) is 0 Å². The topological polar surface area (TPSA) is 76.2 Å². The average Bonchev–Trinajstić information content (AvgIpc) is 3.27. The van der Waals surface area contributed by atoms with E-state index in [9.17, 15) is 9.18 Å². The van der Waals surface area contributed by atoms with Crippen molar-refractivity contribution in [1.29, 1.82) is 0 Å². The number of nitrogens with zero attached hydrogens (tertiary/aromatic N) is 3. The summed E-state index contributed by atoms with van der Waals surface area (Å²) in [5.74, 6) is 1.35. The Morgan fingerprint density at radius 2 is 1.68 bits per heavy atom. The Morgan fingerprint density at radius 3 is 2.35 bits per heavy atom. The molecule has 1 unspecified atom stereocenters. The normalized spacial score (nSPS) is 13.8. The summed E-state index contributed by atoms with van der Waals surface area (Å²) >= 11 is 0. The van der Waals surface area contributed by atoms with Crippen LogP contribution in [0.2, 0.25) is 0 Å². The molecule has 1 aliphatic rings. The molecule has 6 nitrogen and oxygen atoms in total. The average molecular weight is 498 g/mol. The summed E-state index contributed by atoms with van der Waals surface area (Å²) in [4.78, 5) is 20.2. The van der Waals surface area contributed by atoms with E-state index >= 15 is 0 Å². The van der Waals surface area contributed by atoms with Gasteiger partial charge in [-0.25, -0.2) is 9.37 Å². The van der Waals surface area contributed by atoms with Gasteiger partial charge in [0.05, 0.1) is 6.54 Å². The number of nitrogens with two attached hydrogens (primary N) is 1. The van der Waals surface area contributed by atoms with E-state index in [1.807, 2.05) is 48.2 Å². The number of aromatic nitrogens is 2. The second-order valence-electron chi connectivity index (χ2n) is 9.76. The van der Waals surface area contributed by atoms with Gasteiger partial charge in [0.25, 0.3) is 0 Å². The van der Waals surface area contributed by atoms with E-state index in [2.05, 4.69) is 28.9 Å². The molecule has 1 aromatic heterocycles. The highest BCUT2D eigenvalue weighted by Gasteiger charge is 2.29. The molecule has 190 valence electrons. The molecule has 1 atom stereocenters. The van der Waals surface area contributed by atoms with Crippen molar-refractivity contribution in [1.82, 2.24) is 14.5 Å². The third-order valence-corrected chi connectivity index (χ3v) is 6.94. The van der Waals surface area contributed by atoms with Crippen LogP contribution in [0.25, 0.3) is 11.3 Å². The smallest absolute Gasteiger partial charge is 0.226 e. The molecule has 4 aromatic rings. The minimum Gasteiger partial charge on any atom is -0.340 e. The molecule has 7 heteroatoms. The molecule has 0 saturated carbocycles. The Kier molecular flexibility index (Phi) is 7.06. The zero-order valence-corrected chi connectivity index (χ0v) is 21.2. The number of benzene rings is 3. The second kappa shape index (κ2) is 10.6. The number of carbonyl (C=O) groups is 1. The quantitative estimate of drug-likeness (QED) is 0.357. The molecule has 0 fully saturated rings. The molecule has 5 rings (SSSR count). The molecule has 0 bridgehead atoms. The summed E-state index contributed by atoms with van der Waals surface area (Å²) in [7, 11) is 0. The van der Waals surface area contributed by atoms with Crippen molar-refractivity contribution < 1.29 is 9.18 Å². The number of imidazole rings is 1. The van der Waals surface area contributed by atoms with Crippen LogP contribution < -0.4 is 11.1 Å². The number of halogens is 1. The molecule has 0 aliphatic carbocycles. The number of fused-ring (bicyclic) bond motifs is 1. The zero-order valence-electron chi connectivity index (χ0n) is 21.2. The van der Waals surface area contributed by atoms with E-state index in [0.717, 1.165) is 39.7 Å². The third-order valence-electron chi connectivity index (χ3n) is 6.94. The van der Waals surface area contributed by atoms with E-state index in [4.69, 9.17) is 10.7 Å². The van der Waals surface area contributed by atoms with Crippen LogP contribution in [0.5, 0.6) is 0 Å². The van der Waals surface area contributed by atoms with Crippen LogP contribution in [0.15, 0.2) is 72.8 Å². The molecule has 3 N–H and O–H groups in total. The first-order valence-electron chi connectivity index (χ1n) is 12.7. The van der Waals surface area contributed by atoms with Gasteiger partial charge in [0.15, 0.2) is 0 Å². The van der Waals surface area contributed by atoms with Gasteiger partial charge in [0.1, 0.15) is 23.2 Å². The predicted octanol–water partition coefficient (Wildman–Crippen LogP) is 5.42. The maximum atomic E-state index is 13.6. The SMILES string of the molecule is Cc1ccc(Nc2c(-c3ccc(F)cc3)nc3n2CCN(C(=O)C(C)Cc2ccc(CN)cc2)C3)cc1. The predicted molar refractivity (Wildman–Crippen MR) is 145 cm³/mol. The van der Waals surface area contributed by atoms with Crippen molar-refractivity contribution in [2.24, 2.45) is 11.7 Å². The first-order chi connectivity index (χ1) is 17.9. The van der Waals surface area contributed by atoms with Crippen LogP contribution in [0.4, 0.5) is 15.9 Å². The number of amides is 1. The molecule has 1 aliphatic heterocycles. The summed E-state index contributed by atoms with van der Waals surface area (Å²) in [6.45, 7) is 6.20. The highest BCUT2D eigenvalue weighted by Crippen LogP contribution is 2.33. The van der Waals surface area contributed by atoms with E-state index in [-0.39, 0.29) is 17.6 Å². The van der Waals surface area contributed by atoms with Gasteiger partial charge >= 0.3 is 0 Å². The summed E-state index contributed by atoms with van der Waals surface area (Å²) < 4.78 is 15.8. The summed E-state index contributed by atoms with van der Waals surface area (Å²) in [6, 6.07) is 22.7. The Labute approximate surface area is 216 Å². The number of hydrogen-bond acceptors (Lipinski definition) is 4. The van der Waals surface area contributed by atoms with Crippen LogP contribution in [0.3, 0.4) is 0 Å². The summed E-state index contributed by atoms with van der Waals surface area (Å²) in [5.41, 5.74) is 11.6. The van der Waals surface area contributed by atoms with Gasteiger partial charge in [-0.2, -0.15) is 0 Å². The van der Waals surface area contributed by atoms with E-state index in [0.29, 0.717) is 32.6 Å². The lowest BCUT2D eigenvalue weighted by molar-refractivity contribution is -0.136. The van der Waals surface area contributed by atoms with E-state index in [1.54, 1.807) is 12.1 Å². The lowest BCUT2D eigenvalue weighted by Gasteiger charge is -2.30. The van der Waals surface area contributed by atoms with Crippen molar-refractivity contribution in [2.45, 2.75) is 39.9 Å². The van der Waals surface area contributed by atoms with Crippen molar-refractivity contribution >= 4 is 17.4 Å². The maximum Gasteiger partial charge on any atom is 0.226 e. The van der Waals surface area contributed by atoms with Gasteiger partial charge in [-0.3, -0.25) is 4.79 Å². The van der Waals surface area contributed by atoms with Gasteiger partial charge < -0.3 is 20.5 Å². The third kappa shape index (κ3) is 5.42. The number of carbonyl (C=O) groups excluding carboxylic acids is 1. The zero-order chi connectivity index (χ0) is 25.9. The van der Waals surface area contributed by atoms with Crippen LogP contribution in [-0.2, 0) is 30.8 Å². The molecular weight excluding hydrogens is 465 g/mol. The molecule has 1 amide bonds. The van der Waals surface area contributed by atoms with Crippen molar-refractivity contribution in [2.75, 3.05) is 11.9 Å². The molecule has 0 saturated heterocycles. The Balaban J connectivity index is 1.39.